The Hall–Kier alpha value is -1.25. The first-order chi connectivity index (χ1) is 28.5. The van der Waals surface area contributed by atoms with E-state index in [0.29, 0.717) is 17.4 Å². The number of likely N-dealkylation sites (N-methyl/N-ethyl adjacent to an activating group) is 1. The number of phosphoric ester groups is 1. The third-order valence-electron chi connectivity index (χ3n) is 11.0. The van der Waals surface area contributed by atoms with Crippen molar-refractivity contribution in [2.75, 3.05) is 47.5 Å². The maximum Gasteiger partial charge on any atom is 0.306 e. The smallest absolute Gasteiger partial charge is 0.306 e. The number of allylic oxidation sites excluding steroid dienone is 2. The molecule has 0 aliphatic heterocycles. The average molecular weight is 858 g/mol. The maximum atomic E-state index is 12.7. The van der Waals surface area contributed by atoms with Gasteiger partial charge in [0.1, 0.15) is 19.8 Å². The SMILES string of the molecule is CCCCCCCCCCCCC/C=C/CCC(=O)O[C@H](COC(=O)CCCCCCCCCCCCCCCCCCCCCC)COP(=O)([O-])OCC[N+](C)(C)C. The highest BCUT2D eigenvalue weighted by molar-refractivity contribution is 7.45. The van der Waals surface area contributed by atoms with E-state index in [-0.39, 0.29) is 32.0 Å². The Labute approximate surface area is 365 Å². The number of unbranched alkanes of at least 4 members (excludes halogenated alkanes) is 30. The van der Waals surface area contributed by atoms with Crippen molar-refractivity contribution in [3.63, 3.8) is 0 Å². The lowest BCUT2D eigenvalue weighted by Gasteiger charge is -2.28. The fourth-order valence-corrected chi connectivity index (χ4v) is 7.87. The summed E-state index contributed by atoms with van der Waals surface area (Å²) in [6.45, 7) is 4.23. The molecule has 0 saturated carbocycles. The van der Waals surface area contributed by atoms with Crippen LogP contribution in [0.5, 0.6) is 0 Å². The second-order valence-corrected chi connectivity index (χ2v) is 19.6. The molecule has 10 heteroatoms. The zero-order valence-corrected chi connectivity index (χ0v) is 40.4. The molecule has 59 heavy (non-hydrogen) atoms. The minimum Gasteiger partial charge on any atom is -0.756 e. The van der Waals surface area contributed by atoms with Gasteiger partial charge in [0.05, 0.1) is 27.7 Å². The highest BCUT2D eigenvalue weighted by Crippen LogP contribution is 2.38. The number of nitrogens with zero attached hydrogens (tertiary/aromatic N) is 1. The molecule has 0 saturated heterocycles. The zero-order valence-electron chi connectivity index (χ0n) is 39.5. The summed E-state index contributed by atoms with van der Waals surface area (Å²) in [5.41, 5.74) is 0. The van der Waals surface area contributed by atoms with Gasteiger partial charge >= 0.3 is 11.9 Å². The third-order valence-corrected chi connectivity index (χ3v) is 12.0. The van der Waals surface area contributed by atoms with Crippen molar-refractivity contribution < 1.29 is 42.1 Å². The molecule has 0 N–H and O–H groups in total. The molecule has 0 aliphatic rings. The Morgan fingerprint density at radius 3 is 1.32 bits per heavy atom. The van der Waals surface area contributed by atoms with Crippen LogP contribution in [-0.4, -0.2) is 70.0 Å². The summed E-state index contributed by atoms with van der Waals surface area (Å²) in [7, 11) is 1.16. The Balaban J connectivity index is 4.24. The van der Waals surface area contributed by atoms with Crippen LogP contribution in [0.15, 0.2) is 12.2 Å². The van der Waals surface area contributed by atoms with Crippen molar-refractivity contribution in [1.82, 2.24) is 0 Å². The molecule has 0 bridgehead atoms. The molecule has 350 valence electrons. The number of rotatable bonds is 46. The molecule has 0 heterocycles. The Morgan fingerprint density at radius 2 is 0.898 bits per heavy atom. The number of carbonyl (C=O) groups is 2. The Kier molecular flexibility index (Phi) is 41.2. The second kappa shape index (κ2) is 42.1. The fraction of sp³-hybridized carbons (Fsp3) is 0.918. The average Bonchev–Trinajstić information content (AvgIpc) is 3.19. The van der Waals surface area contributed by atoms with Crippen LogP contribution < -0.4 is 4.89 Å². The number of phosphoric acid groups is 1. The van der Waals surface area contributed by atoms with Crippen LogP contribution in [0.2, 0.25) is 0 Å². The van der Waals surface area contributed by atoms with E-state index >= 15 is 0 Å². The Morgan fingerprint density at radius 1 is 0.508 bits per heavy atom. The van der Waals surface area contributed by atoms with Gasteiger partial charge in [-0.15, -0.1) is 0 Å². The van der Waals surface area contributed by atoms with Crippen molar-refractivity contribution in [2.45, 2.75) is 245 Å². The minimum atomic E-state index is -4.63. The van der Waals surface area contributed by atoms with Crippen molar-refractivity contribution in [2.24, 2.45) is 0 Å². The van der Waals surface area contributed by atoms with Gasteiger partial charge in [0.25, 0.3) is 7.82 Å². The molecular weight excluding hydrogens is 762 g/mol. The van der Waals surface area contributed by atoms with Crippen molar-refractivity contribution >= 4 is 19.8 Å². The van der Waals surface area contributed by atoms with Gasteiger partial charge in [-0.05, 0) is 25.7 Å². The highest BCUT2D eigenvalue weighted by atomic mass is 31.2. The number of hydrogen-bond acceptors (Lipinski definition) is 8. The van der Waals surface area contributed by atoms with Crippen LogP contribution in [0.4, 0.5) is 0 Å². The molecular formula is C49H96NO8P. The minimum absolute atomic E-state index is 0.0330. The van der Waals surface area contributed by atoms with Gasteiger partial charge in [0.15, 0.2) is 6.10 Å². The molecule has 9 nitrogen and oxygen atoms in total. The van der Waals surface area contributed by atoms with Crippen molar-refractivity contribution in [3.05, 3.63) is 12.2 Å². The van der Waals surface area contributed by atoms with E-state index < -0.39 is 26.5 Å². The number of esters is 2. The molecule has 0 aromatic rings. The van der Waals surface area contributed by atoms with Gasteiger partial charge in [-0.3, -0.25) is 14.2 Å². The van der Waals surface area contributed by atoms with Gasteiger partial charge in [-0.2, -0.15) is 0 Å². The molecule has 0 amide bonds. The summed E-state index contributed by atoms with van der Waals surface area (Å²) in [6.07, 6.45) is 45.4. The van der Waals surface area contributed by atoms with E-state index in [9.17, 15) is 19.0 Å². The van der Waals surface area contributed by atoms with Crippen LogP contribution in [0.1, 0.15) is 239 Å². The summed E-state index contributed by atoms with van der Waals surface area (Å²) in [5, 5.41) is 0. The third kappa shape index (κ3) is 46.1. The van der Waals surface area contributed by atoms with Crippen LogP contribution in [0, 0.1) is 0 Å². The molecule has 1 unspecified atom stereocenters. The van der Waals surface area contributed by atoms with E-state index in [4.69, 9.17) is 18.5 Å². The highest BCUT2D eigenvalue weighted by Gasteiger charge is 2.21. The maximum absolute atomic E-state index is 12.7. The van der Waals surface area contributed by atoms with E-state index in [1.54, 1.807) is 0 Å². The molecule has 0 aliphatic carbocycles. The zero-order chi connectivity index (χ0) is 43.6. The predicted octanol–water partition coefficient (Wildman–Crippen LogP) is 13.9. The van der Waals surface area contributed by atoms with Crippen LogP contribution in [-0.2, 0) is 32.7 Å². The summed E-state index contributed by atoms with van der Waals surface area (Å²) < 4.78 is 33.9. The van der Waals surface area contributed by atoms with E-state index in [1.165, 1.54) is 173 Å². The van der Waals surface area contributed by atoms with Gasteiger partial charge < -0.3 is 27.9 Å². The van der Waals surface area contributed by atoms with E-state index in [2.05, 4.69) is 19.9 Å². The van der Waals surface area contributed by atoms with Crippen molar-refractivity contribution in [1.29, 1.82) is 0 Å². The van der Waals surface area contributed by atoms with Crippen molar-refractivity contribution in [3.8, 4) is 0 Å². The van der Waals surface area contributed by atoms with Gasteiger partial charge in [-0.25, -0.2) is 0 Å². The molecule has 0 aromatic carbocycles. The van der Waals surface area contributed by atoms with Crippen LogP contribution in [0.25, 0.3) is 0 Å². The molecule has 0 radical (unpaired) electrons. The van der Waals surface area contributed by atoms with Crippen LogP contribution >= 0.6 is 7.82 Å². The quantitative estimate of drug-likeness (QED) is 0.0196. The largest absolute Gasteiger partial charge is 0.756 e. The summed E-state index contributed by atoms with van der Waals surface area (Å²) in [6, 6.07) is 0. The lowest BCUT2D eigenvalue weighted by molar-refractivity contribution is -0.870. The first-order valence-corrected chi connectivity index (χ1v) is 26.4. The van der Waals surface area contributed by atoms with Gasteiger partial charge in [0.2, 0.25) is 0 Å². The molecule has 2 atom stereocenters. The summed E-state index contributed by atoms with van der Waals surface area (Å²) in [4.78, 5) is 37.6. The van der Waals surface area contributed by atoms with Gasteiger partial charge in [-0.1, -0.05) is 212 Å². The number of hydrogen-bond donors (Lipinski definition) is 0. The normalized spacial score (nSPS) is 13.5. The van der Waals surface area contributed by atoms with Gasteiger partial charge in [0, 0.05) is 12.8 Å². The number of quaternary nitrogens is 1. The standard InChI is InChI=1S/C49H96NO8P/c1-6-8-10-12-14-16-18-20-22-23-24-25-26-28-29-31-33-35-37-39-41-48(51)55-45-47(46-57-59(53,54)56-44-43-50(3,4)5)58-49(52)42-40-38-36-34-32-30-27-21-19-17-15-13-11-9-7-2/h36,38,47H,6-35,37,39-46H2,1-5H3/b38-36+/t47-/m1/s1. The lowest BCUT2D eigenvalue weighted by atomic mass is 10.0. The number of carbonyl (C=O) groups excluding carboxylic acids is 2. The van der Waals surface area contributed by atoms with E-state index in [1.807, 2.05) is 27.2 Å². The van der Waals surface area contributed by atoms with Crippen LogP contribution in [0.3, 0.4) is 0 Å². The first-order valence-electron chi connectivity index (χ1n) is 24.9. The second-order valence-electron chi connectivity index (χ2n) is 18.2. The number of ether oxygens (including phenoxy) is 2. The summed E-state index contributed by atoms with van der Waals surface area (Å²) in [5.74, 6) is -0.877. The summed E-state index contributed by atoms with van der Waals surface area (Å²) >= 11 is 0. The van der Waals surface area contributed by atoms with E-state index in [0.717, 1.165) is 32.1 Å². The topological polar surface area (TPSA) is 111 Å². The predicted molar refractivity (Wildman–Crippen MR) is 245 cm³/mol. The monoisotopic (exact) mass is 858 g/mol. The molecule has 0 aromatic heterocycles. The lowest BCUT2D eigenvalue weighted by Crippen LogP contribution is -2.37. The fourth-order valence-electron chi connectivity index (χ4n) is 7.15. The molecule has 0 spiro atoms. The molecule has 0 rings (SSSR count). The first kappa shape index (κ1) is 57.8. The Bertz CT molecular complexity index is 1020. The molecule has 0 fully saturated rings.